The normalized spacial score (nSPS) is 19.2. The molecule has 0 aliphatic carbocycles. The van der Waals surface area contributed by atoms with Crippen LogP contribution in [0.2, 0.25) is 0 Å². The highest BCUT2D eigenvalue weighted by Gasteiger charge is 2.51. The fourth-order valence-electron chi connectivity index (χ4n) is 2.39. The molecule has 0 unspecified atom stereocenters. The van der Waals surface area contributed by atoms with Gasteiger partial charge in [-0.15, -0.1) is 0 Å². The van der Waals surface area contributed by atoms with Crippen molar-refractivity contribution < 1.29 is 14.1 Å². The van der Waals surface area contributed by atoms with Gasteiger partial charge in [0.15, 0.2) is 0 Å². The Balaban J connectivity index is 2.05. The van der Waals surface area contributed by atoms with Gasteiger partial charge in [0.2, 0.25) is 5.91 Å². The average molecular weight is 317 g/mol. The molecule has 126 valence electrons. The van der Waals surface area contributed by atoms with E-state index in [9.17, 15) is 4.79 Å². The summed E-state index contributed by atoms with van der Waals surface area (Å²) in [6.45, 7) is 12.4. The van der Waals surface area contributed by atoms with Crippen molar-refractivity contribution in [3.63, 3.8) is 0 Å². The molecule has 4 nitrogen and oxygen atoms in total. The van der Waals surface area contributed by atoms with E-state index in [1.807, 2.05) is 52.0 Å². The molecule has 0 saturated carbocycles. The quantitative estimate of drug-likeness (QED) is 0.847. The van der Waals surface area contributed by atoms with Crippen molar-refractivity contribution in [2.45, 2.75) is 65.6 Å². The summed E-state index contributed by atoms with van der Waals surface area (Å²) in [6, 6.07) is 7.70. The molecule has 1 saturated heterocycles. The third-order valence-corrected chi connectivity index (χ3v) is 4.64. The molecule has 0 spiro atoms. The molecular weight excluding hydrogens is 289 g/mol. The van der Waals surface area contributed by atoms with Crippen LogP contribution in [0.4, 0.5) is 5.69 Å². The topological polar surface area (TPSA) is 47.6 Å². The van der Waals surface area contributed by atoms with Crippen molar-refractivity contribution in [2.75, 3.05) is 5.32 Å². The van der Waals surface area contributed by atoms with Crippen LogP contribution >= 0.6 is 0 Å². The lowest BCUT2D eigenvalue weighted by atomic mass is 9.79. The van der Waals surface area contributed by atoms with Crippen LogP contribution in [0.3, 0.4) is 0 Å². The predicted octanol–water partition coefficient (Wildman–Crippen LogP) is 3.36. The van der Waals surface area contributed by atoms with Gasteiger partial charge in [-0.05, 0) is 57.6 Å². The van der Waals surface area contributed by atoms with Crippen LogP contribution in [-0.2, 0) is 14.1 Å². The summed E-state index contributed by atoms with van der Waals surface area (Å²) in [7, 11) is -0.410. The molecule has 2 rings (SSSR count). The number of hydrogen-bond acceptors (Lipinski definition) is 3. The van der Waals surface area contributed by atoms with Gasteiger partial charge < -0.3 is 14.6 Å². The lowest BCUT2D eigenvalue weighted by molar-refractivity contribution is -0.116. The first kappa shape index (κ1) is 18.0. The maximum atomic E-state index is 12.0. The van der Waals surface area contributed by atoms with E-state index in [1.54, 1.807) is 0 Å². The van der Waals surface area contributed by atoms with Crippen LogP contribution in [0.5, 0.6) is 0 Å². The van der Waals surface area contributed by atoms with Crippen molar-refractivity contribution in [3.05, 3.63) is 24.3 Å². The lowest BCUT2D eigenvalue weighted by Crippen LogP contribution is -2.41. The third-order valence-electron chi connectivity index (χ3n) is 4.64. The van der Waals surface area contributed by atoms with Gasteiger partial charge in [0.25, 0.3) is 0 Å². The van der Waals surface area contributed by atoms with E-state index in [2.05, 4.69) is 19.2 Å². The Morgan fingerprint density at radius 1 is 1.17 bits per heavy atom. The lowest BCUT2D eigenvalue weighted by Gasteiger charge is -2.32. The molecule has 1 aliphatic rings. The number of carbonyl (C=O) groups is 1. The smallest absolute Gasteiger partial charge is 0.399 e. The first-order valence-corrected chi connectivity index (χ1v) is 8.36. The molecule has 1 N–H and O–H groups in total. The minimum Gasteiger partial charge on any atom is -0.399 e. The van der Waals surface area contributed by atoms with E-state index in [-0.39, 0.29) is 17.1 Å². The van der Waals surface area contributed by atoms with Crippen LogP contribution in [-0.4, -0.2) is 24.2 Å². The summed E-state index contributed by atoms with van der Waals surface area (Å²) >= 11 is 0. The Hall–Kier alpha value is -1.33. The molecule has 5 heteroatoms. The largest absolute Gasteiger partial charge is 0.494 e. The Kier molecular flexibility index (Phi) is 5.22. The standard InChI is InChI=1S/C18H28BNO3/c1-13(2)10-11-16(21)20-15-9-7-8-14(12-15)19-22-17(3,4)18(5,6)23-19/h7-9,12-13H,10-11H2,1-6H3,(H,20,21). The number of hydrogen-bond donors (Lipinski definition) is 1. The second kappa shape index (κ2) is 6.66. The summed E-state index contributed by atoms with van der Waals surface area (Å²) < 4.78 is 12.1. The van der Waals surface area contributed by atoms with E-state index in [1.165, 1.54) is 0 Å². The van der Waals surface area contributed by atoms with E-state index in [4.69, 9.17) is 9.31 Å². The molecular formula is C18H28BNO3. The summed E-state index contributed by atoms with van der Waals surface area (Å²) in [5.41, 5.74) is 0.971. The molecule has 23 heavy (non-hydrogen) atoms. The fourth-order valence-corrected chi connectivity index (χ4v) is 2.39. The number of anilines is 1. The van der Waals surface area contributed by atoms with E-state index in [0.717, 1.165) is 17.6 Å². The maximum Gasteiger partial charge on any atom is 0.494 e. The van der Waals surface area contributed by atoms with Gasteiger partial charge in [-0.1, -0.05) is 26.0 Å². The molecule has 0 bridgehead atoms. The highest BCUT2D eigenvalue weighted by molar-refractivity contribution is 6.62. The number of nitrogens with one attached hydrogen (secondary N) is 1. The molecule has 1 heterocycles. The van der Waals surface area contributed by atoms with Gasteiger partial charge in [0, 0.05) is 12.1 Å². The van der Waals surface area contributed by atoms with Crippen LogP contribution < -0.4 is 10.8 Å². The second-order valence-corrected chi connectivity index (χ2v) is 7.69. The summed E-state index contributed by atoms with van der Waals surface area (Å²) in [5.74, 6) is 0.571. The average Bonchev–Trinajstić information content (AvgIpc) is 2.66. The highest BCUT2D eigenvalue weighted by atomic mass is 16.7. The third kappa shape index (κ3) is 4.36. The molecule has 1 aromatic rings. The van der Waals surface area contributed by atoms with Crippen LogP contribution in [0.25, 0.3) is 0 Å². The fraction of sp³-hybridized carbons (Fsp3) is 0.611. The van der Waals surface area contributed by atoms with Crippen LogP contribution in [0.15, 0.2) is 24.3 Å². The first-order chi connectivity index (χ1) is 10.6. The monoisotopic (exact) mass is 317 g/mol. The van der Waals surface area contributed by atoms with Crippen molar-refractivity contribution in [1.82, 2.24) is 0 Å². The van der Waals surface area contributed by atoms with Crippen molar-refractivity contribution in [1.29, 1.82) is 0 Å². The van der Waals surface area contributed by atoms with Crippen LogP contribution in [0, 0.1) is 5.92 Å². The van der Waals surface area contributed by atoms with Crippen LogP contribution in [0.1, 0.15) is 54.4 Å². The molecule has 0 atom stereocenters. The van der Waals surface area contributed by atoms with Crippen molar-refractivity contribution in [2.24, 2.45) is 5.92 Å². The minimum absolute atomic E-state index is 0.0461. The molecule has 1 aromatic carbocycles. The second-order valence-electron chi connectivity index (χ2n) is 7.69. The zero-order chi connectivity index (χ0) is 17.3. The maximum absolute atomic E-state index is 12.0. The minimum atomic E-state index is -0.410. The van der Waals surface area contributed by atoms with E-state index >= 15 is 0 Å². The van der Waals surface area contributed by atoms with E-state index < -0.39 is 7.12 Å². The van der Waals surface area contributed by atoms with Gasteiger partial charge in [-0.3, -0.25) is 4.79 Å². The van der Waals surface area contributed by atoms with Gasteiger partial charge >= 0.3 is 7.12 Å². The van der Waals surface area contributed by atoms with Gasteiger partial charge in [0.1, 0.15) is 0 Å². The van der Waals surface area contributed by atoms with Gasteiger partial charge in [-0.25, -0.2) is 0 Å². The summed E-state index contributed by atoms with van der Waals surface area (Å²) in [5, 5.41) is 2.95. The molecule has 0 radical (unpaired) electrons. The number of amides is 1. The number of benzene rings is 1. The SMILES string of the molecule is CC(C)CCC(=O)Nc1cccc(B2OC(C)(C)C(C)(C)O2)c1. The van der Waals surface area contributed by atoms with Gasteiger partial charge in [0.05, 0.1) is 11.2 Å². The Morgan fingerprint density at radius 3 is 2.35 bits per heavy atom. The zero-order valence-electron chi connectivity index (χ0n) is 15.1. The summed E-state index contributed by atoms with van der Waals surface area (Å²) in [4.78, 5) is 12.0. The summed E-state index contributed by atoms with van der Waals surface area (Å²) in [6.07, 6.45) is 1.43. The molecule has 1 amide bonds. The van der Waals surface area contributed by atoms with E-state index in [0.29, 0.717) is 12.3 Å². The highest BCUT2D eigenvalue weighted by Crippen LogP contribution is 2.36. The Labute approximate surface area is 140 Å². The molecule has 1 fully saturated rings. The molecule has 1 aliphatic heterocycles. The Morgan fingerprint density at radius 2 is 1.78 bits per heavy atom. The first-order valence-electron chi connectivity index (χ1n) is 8.36. The van der Waals surface area contributed by atoms with Crippen molar-refractivity contribution in [3.8, 4) is 0 Å². The number of rotatable bonds is 5. The zero-order valence-corrected chi connectivity index (χ0v) is 15.1. The van der Waals surface area contributed by atoms with Crippen molar-refractivity contribution >= 4 is 24.2 Å². The molecule has 0 aromatic heterocycles. The van der Waals surface area contributed by atoms with Gasteiger partial charge in [-0.2, -0.15) is 0 Å². The Bertz CT molecular complexity index is 553. The number of carbonyl (C=O) groups excluding carboxylic acids is 1. The predicted molar refractivity (Wildman–Crippen MR) is 94.9 cm³/mol.